The number of phenolic OH excluding ortho intramolecular Hbond substituents is 1. The molecular formula is C14H18N2O. The van der Waals surface area contributed by atoms with Crippen molar-refractivity contribution in [3.05, 3.63) is 29.5 Å². The average Bonchev–Trinajstić information content (AvgIpc) is 2.92. The quantitative estimate of drug-likeness (QED) is 0.759. The van der Waals surface area contributed by atoms with Crippen LogP contribution in [0.2, 0.25) is 0 Å². The second-order valence-corrected chi connectivity index (χ2v) is 5.29. The van der Waals surface area contributed by atoms with E-state index in [9.17, 15) is 5.11 Å². The molecule has 2 aromatic rings. The van der Waals surface area contributed by atoms with Crippen LogP contribution in [-0.4, -0.2) is 15.6 Å². The van der Waals surface area contributed by atoms with Crippen LogP contribution in [0.15, 0.2) is 18.2 Å². The Bertz CT molecular complexity index is 567. The van der Waals surface area contributed by atoms with Crippen molar-refractivity contribution in [3.63, 3.8) is 0 Å². The number of aromatic amines is 1. The van der Waals surface area contributed by atoms with Crippen LogP contribution >= 0.6 is 0 Å². The van der Waals surface area contributed by atoms with Crippen molar-refractivity contribution in [2.45, 2.75) is 38.1 Å². The summed E-state index contributed by atoms with van der Waals surface area (Å²) in [7, 11) is 0. The van der Waals surface area contributed by atoms with Gasteiger partial charge in [0.15, 0.2) is 0 Å². The van der Waals surface area contributed by atoms with E-state index in [-0.39, 0.29) is 5.54 Å². The third-order valence-electron chi connectivity index (χ3n) is 3.90. The summed E-state index contributed by atoms with van der Waals surface area (Å²) in [5, 5.41) is 10.9. The Kier molecular flexibility index (Phi) is 2.20. The zero-order valence-corrected chi connectivity index (χ0v) is 10.1. The molecule has 1 aromatic heterocycles. The second kappa shape index (κ2) is 3.50. The molecule has 3 heteroatoms. The maximum Gasteiger partial charge on any atom is 0.139 e. The van der Waals surface area contributed by atoms with E-state index >= 15 is 0 Å². The molecule has 1 saturated carbocycles. The highest BCUT2D eigenvalue weighted by atomic mass is 16.3. The number of H-pyrrole nitrogens is 1. The summed E-state index contributed by atoms with van der Waals surface area (Å²) in [6.45, 7) is 2.06. The van der Waals surface area contributed by atoms with E-state index in [0.29, 0.717) is 5.75 Å². The van der Waals surface area contributed by atoms with Crippen molar-refractivity contribution in [1.29, 1.82) is 0 Å². The number of aryl methyl sites for hydroxylation is 2. The van der Waals surface area contributed by atoms with Crippen LogP contribution in [0.25, 0.3) is 10.9 Å². The second-order valence-electron chi connectivity index (χ2n) is 5.29. The van der Waals surface area contributed by atoms with Gasteiger partial charge in [0.05, 0.1) is 5.52 Å². The summed E-state index contributed by atoms with van der Waals surface area (Å²) in [6, 6.07) is 5.67. The Balaban J connectivity index is 1.97. The fraction of sp³-hybridized carbons (Fsp3) is 0.429. The highest BCUT2D eigenvalue weighted by Gasteiger charge is 2.37. The first-order valence-electron chi connectivity index (χ1n) is 6.17. The number of fused-ring (bicyclic) bond motifs is 1. The van der Waals surface area contributed by atoms with Crippen molar-refractivity contribution in [2.75, 3.05) is 0 Å². The minimum absolute atomic E-state index is 0.0901. The van der Waals surface area contributed by atoms with Crippen LogP contribution in [0.4, 0.5) is 0 Å². The van der Waals surface area contributed by atoms with Gasteiger partial charge in [0.25, 0.3) is 0 Å². The zero-order valence-electron chi connectivity index (χ0n) is 10.1. The number of hydrogen-bond acceptors (Lipinski definition) is 2. The first-order valence-corrected chi connectivity index (χ1v) is 6.17. The molecule has 1 aromatic carbocycles. The molecule has 1 aliphatic carbocycles. The Labute approximate surface area is 101 Å². The number of para-hydroxylation sites is 1. The van der Waals surface area contributed by atoms with Gasteiger partial charge in [-0.2, -0.15) is 0 Å². The zero-order chi connectivity index (χ0) is 12.0. The highest BCUT2D eigenvalue weighted by Crippen LogP contribution is 2.38. The normalized spacial score (nSPS) is 17.5. The average molecular weight is 230 g/mol. The van der Waals surface area contributed by atoms with Gasteiger partial charge >= 0.3 is 0 Å². The van der Waals surface area contributed by atoms with Crippen LogP contribution in [0.1, 0.15) is 30.5 Å². The van der Waals surface area contributed by atoms with Crippen molar-refractivity contribution in [2.24, 2.45) is 5.73 Å². The molecule has 0 bridgehead atoms. The maximum atomic E-state index is 9.79. The van der Waals surface area contributed by atoms with E-state index in [1.807, 2.05) is 6.07 Å². The van der Waals surface area contributed by atoms with E-state index < -0.39 is 0 Å². The van der Waals surface area contributed by atoms with Crippen LogP contribution in [0.3, 0.4) is 0 Å². The van der Waals surface area contributed by atoms with Crippen LogP contribution in [0, 0.1) is 6.92 Å². The van der Waals surface area contributed by atoms with Gasteiger partial charge in [-0.3, -0.25) is 0 Å². The predicted molar refractivity (Wildman–Crippen MR) is 69.2 cm³/mol. The number of aromatic nitrogens is 1. The van der Waals surface area contributed by atoms with E-state index in [1.165, 1.54) is 5.56 Å². The van der Waals surface area contributed by atoms with E-state index in [0.717, 1.165) is 42.3 Å². The molecule has 3 rings (SSSR count). The van der Waals surface area contributed by atoms with Gasteiger partial charge in [0.1, 0.15) is 5.75 Å². The van der Waals surface area contributed by atoms with E-state index in [2.05, 4.69) is 18.0 Å². The summed E-state index contributed by atoms with van der Waals surface area (Å²) >= 11 is 0. The molecule has 0 atom stereocenters. The molecule has 0 aliphatic heterocycles. The van der Waals surface area contributed by atoms with Gasteiger partial charge in [-0.05, 0) is 44.2 Å². The maximum absolute atomic E-state index is 9.79. The molecule has 3 nitrogen and oxygen atoms in total. The van der Waals surface area contributed by atoms with E-state index in [1.54, 1.807) is 6.07 Å². The van der Waals surface area contributed by atoms with Crippen LogP contribution in [-0.2, 0) is 6.42 Å². The Morgan fingerprint density at radius 3 is 2.88 bits per heavy atom. The lowest BCUT2D eigenvalue weighted by atomic mass is 10.0. The number of benzene rings is 1. The lowest BCUT2D eigenvalue weighted by molar-refractivity contribution is 0.480. The Morgan fingerprint density at radius 1 is 1.41 bits per heavy atom. The third kappa shape index (κ3) is 1.80. The lowest BCUT2D eigenvalue weighted by Gasteiger charge is -2.08. The number of nitrogens with two attached hydrogens (primary N) is 1. The molecule has 0 amide bonds. The number of rotatable bonds is 3. The molecule has 0 spiro atoms. The van der Waals surface area contributed by atoms with Gasteiger partial charge in [0.2, 0.25) is 0 Å². The lowest BCUT2D eigenvalue weighted by Crippen LogP contribution is -2.22. The largest absolute Gasteiger partial charge is 0.506 e. The first-order chi connectivity index (χ1) is 8.09. The molecular weight excluding hydrogens is 212 g/mol. The van der Waals surface area contributed by atoms with Crippen molar-refractivity contribution in [1.82, 2.24) is 4.98 Å². The Hall–Kier alpha value is -1.48. The molecule has 4 N–H and O–H groups in total. The molecule has 0 saturated heterocycles. The van der Waals surface area contributed by atoms with Gasteiger partial charge in [-0.25, -0.2) is 0 Å². The monoisotopic (exact) mass is 230 g/mol. The van der Waals surface area contributed by atoms with Gasteiger partial charge in [-0.1, -0.05) is 12.1 Å². The summed E-state index contributed by atoms with van der Waals surface area (Å²) in [5.74, 6) is 0.325. The fourth-order valence-electron chi connectivity index (χ4n) is 2.49. The minimum Gasteiger partial charge on any atom is -0.506 e. The molecule has 0 radical (unpaired) electrons. The number of hydrogen-bond donors (Lipinski definition) is 3. The van der Waals surface area contributed by atoms with Crippen LogP contribution in [0.5, 0.6) is 5.75 Å². The van der Waals surface area contributed by atoms with Gasteiger partial charge in [0, 0.05) is 16.6 Å². The molecule has 0 unspecified atom stereocenters. The van der Waals surface area contributed by atoms with Gasteiger partial charge < -0.3 is 15.8 Å². The molecule has 1 heterocycles. The predicted octanol–water partition coefficient (Wildman–Crippen LogP) is 2.61. The van der Waals surface area contributed by atoms with E-state index in [4.69, 9.17) is 5.73 Å². The van der Waals surface area contributed by atoms with Crippen molar-refractivity contribution in [3.8, 4) is 5.75 Å². The number of nitrogens with one attached hydrogen (secondary N) is 1. The summed E-state index contributed by atoms with van der Waals surface area (Å²) in [4.78, 5) is 3.26. The van der Waals surface area contributed by atoms with Crippen LogP contribution < -0.4 is 5.73 Å². The first kappa shape index (κ1) is 10.7. The molecule has 1 aliphatic rings. The highest BCUT2D eigenvalue weighted by molar-refractivity contribution is 5.89. The Morgan fingerprint density at radius 2 is 2.18 bits per heavy atom. The fourth-order valence-corrected chi connectivity index (χ4v) is 2.49. The van der Waals surface area contributed by atoms with Crippen molar-refractivity contribution < 1.29 is 5.11 Å². The SMILES string of the molecule is Cc1[nH]c2c(O)cccc2c1CCC1(N)CC1. The van der Waals surface area contributed by atoms with Gasteiger partial charge in [-0.15, -0.1) is 0 Å². The smallest absolute Gasteiger partial charge is 0.139 e. The molecule has 17 heavy (non-hydrogen) atoms. The topological polar surface area (TPSA) is 62.0 Å². The summed E-state index contributed by atoms with van der Waals surface area (Å²) < 4.78 is 0. The summed E-state index contributed by atoms with van der Waals surface area (Å²) in [5.41, 5.74) is 9.51. The number of aromatic hydroxyl groups is 1. The number of phenols is 1. The molecule has 90 valence electrons. The minimum atomic E-state index is 0.0901. The van der Waals surface area contributed by atoms with Crippen molar-refractivity contribution >= 4 is 10.9 Å². The third-order valence-corrected chi connectivity index (χ3v) is 3.90. The standard InChI is InChI=1S/C14H18N2O/c1-9-10(5-6-14(15)7-8-14)11-3-2-4-12(17)13(11)16-9/h2-4,16-17H,5-8,15H2,1H3. The molecule has 1 fully saturated rings. The summed E-state index contributed by atoms with van der Waals surface area (Å²) in [6.07, 6.45) is 4.33.